The van der Waals surface area contributed by atoms with Gasteiger partial charge in [0.1, 0.15) is 5.69 Å². The summed E-state index contributed by atoms with van der Waals surface area (Å²) in [5, 5.41) is 13.2. The fraction of sp³-hybridized carbons (Fsp3) is 0.0625. The van der Waals surface area contributed by atoms with Crippen LogP contribution in [0, 0.1) is 11.3 Å². The molecule has 0 aliphatic rings. The molecule has 0 radical (unpaired) electrons. The van der Waals surface area contributed by atoms with Gasteiger partial charge in [-0.1, -0.05) is 6.07 Å². The van der Waals surface area contributed by atoms with Crippen LogP contribution in [0.15, 0.2) is 54.9 Å². The van der Waals surface area contributed by atoms with Crippen LogP contribution in [0.4, 0.5) is 13.2 Å². The van der Waals surface area contributed by atoms with Gasteiger partial charge in [-0.05, 0) is 36.4 Å². The Morgan fingerprint density at radius 2 is 1.87 bits per heavy atom. The Morgan fingerprint density at radius 3 is 2.52 bits per heavy atom. The Morgan fingerprint density at radius 1 is 1.04 bits per heavy atom. The first-order chi connectivity index (χ1) is 11.0. The average molecular weight is 314 g/mol. The maximum absolute atomic E-state index is 12.9. The highest BCUT2D eigenvalue weighted by Crippen LogP contribution is 2.31. The van der Waals surface area contributed by atoms with E-state index in [0.717, 1.165) is 12.1 Å². The first kappa shape index (κ1) is 14.8. The number of aromatic nitrogens is 3. The predicted molar refractivity (Wildman–Crippen MR) is 76.5 cm³/mol. The molecule has 0 amide bonds. The molecule has 0 fully saturated rings. The van der Waals surface area contributed by atoms with Gasteiger partial charge < -0.3 is 0 Å². The molecule has 114 valence electrons. The molecule has 0 aliphatic carbocycles. The summed E-state index contributed by atoms with van der Waals surface area (Å²) in [5.74, 6) is 0. The van der Waals surface area contributed by atoms with Crippen LogP contribution >= 0.6 is 0 Å². The Hall–Kier alpha value is -3.14. The van der Waals surface area contributed by atoms with Crippen LogP contribution in [0.1, 0.15) is 11.1 Å². The quantitative estimate of drug-likeness (QED) is 0.722. The number of halogens is 3. The standard InChI is InChI=1S/C16H9F3N4/c17-16(18,19)12-7-11(10-20)8-13(9-12)23-6-4-15(22-23)14-3-1-2-5-21-14/h1-9H. The summed E-state index contributed by atoms with van der Waals surface area (Å²) in [7, 11) is 0. The number of nitriles is 1. The zero-order chi connectivity index (χ0) is 16.4. The third-order valence-corrected chi connectivity index (χ3v) is 3.16. The maximum atomic E-state index is 12.9. The minimum atomic E-state index is -4.53. The van der Waals surface area contributed by atoms with E-state index in [0.29, 0.717) is 11.4 Å². The van der Waals surface area contributed by atoms with Gasteiger partial charge in [-0.25, -0.2) is 4.68 Å². The molecule has 7 heteroatoms. The van der Waals surface area contributed by atoms with E-state index in [2.05, 4.69) is 10.1 Å². The number of hydrogen-bond acceptors (Lipinski definition) is 3. The summed E-state index contributed by atoms with van der Waals surface area (Å²) in [6, 6.07) is 11.8. The molecule has 2 aromatic heterocycles. The van der Waals surface area contributed by atoms with Gasteiger partial charge in [-0.3, -0.25) is 4.98 Å². The number of rotatable bonds is 2. The molecule has 0 atom stereocenters. The van der Waals surface area contributed by atoms with E-state index in [1.54, 1.807) is 36.5 Å². The van der Waals surface area contributed by atoms with Crippen molar-refractivity contribution in [1.29, 1.82) is 5.26 Å². The van der Waals surface area contributed by atoms with Crippen LogP contribution in [-0.4, -0.2) is 14.8 Å². The van der Waals surface area contributed by atoms with Crippen molar-refractivity contribution in [1.82, 2.24) is 14.8 Å². The monoisotopic (exact) mass is 314 g/mol. The van der Waals surface area contributed by atoms with Crippen molar-refractivity contribution in [2.75, 3.05) is 0 Å². The highest BCUT2D eigenvalue weighted by molar-refractivity contribution is 5.54. The molecule has 3 rings (SSSR count). The molecule has 0 saturated heterocycles. The van der Waals surface area contributed by atoms with Gasteiger partial charge in [-0.15, -0.1) is 0 Å². The fourth-order valence-electron chi connectivity index (χ4n) is 2.09. The Kier molecular flexibility index (Phi) is 3.58. The third kappa shape index (κ3) is 3.06. The molecule has 3 aromatic rings. The van der Waals surface area contributed by atoms with Crippen LogP contribution in [0.5, 0.6) is 0 Å². The van der Waals surface area contributed by atoms with Crippen molar-refractivity contribution < 1.29 is 13.2 Å². The van der Waals surface area contributed by atoms with Crippen LogP contribution in [0.3, 0.4) is 0 Å². The van der Waals surface area contributed by atoms with E-state index in [1.807, 2.05) is 0 Å². The summed E-state index contributed by atoms with van der Waals surface area (Å²) in [6.45, 7) is 0. The average Bonchev–Trinajstić information content (AvgIpc) is 3.04. The summed E-state index contributed by atoms with van der Waals surface area (Å²) in [4.78, 5) is 4.14. The van der Waals surface area contributed by atoms with Crippen molar-refractivity contribution >= 4 is 0 Å². The second kappa shape index (κ2) is 5.57. The summed E-state index contributed by atoms with van der Waals surface area (Å²) in [6.07, 6.45) is -1.40. The Balaban J connectivity index is 2.06. The van der Waals surface area contributed by atoms with Crippen molar-refractivity contribution in [2.45, 2.75) is 6.18 Å². The lowest BCUT2D eigenvalue weighted by Crippen LogP contribution is -2.07. The van der Waals surface area contributed by atoms with Gasteiger partial charge in [0.05, 0.1) is 28.6 Å². The number of nitrogens with zero attached hydrogens (tertiary/aromatic N) is 4. The van der Waals surface area contributed by atoms with E-state index in [1.165, 1.54) is 16.9 Å². The smallest absolute Gasteiger partial charge is 0.255 e. The lowest BCUT2D eigenvalue weighted by molar-refractivity contribution is -0.137. The molecule has 4 nitrogen and oxygen atoms in total. The van der Waals surface area contributed by atoms with Gasteiger partial charge in [0.2, 0.25) is 0 Å². The van der Waals surface area contributed by atoms with Crippen molar-refractivity contribution in [3.63, 3.8) is 0 Å². The zero-order valence-corrected chi connectivity index (χ0v) is 11.6. The Labute approximate surface area is 129 Å². The topological polar surface area (TPSA) is 54.5 Å². The molecule has 0 spiro atoms. The molecule has 0 aliphatic heterocycles. The highest BCUT2D eigenvalue weighted by Gasteiger charge is 2.31. The third-order valence-electron chi connectivity index (χ3n) is 3.16. The number of benzene rings is 1. The van der Waals surface area contributed by atoms with Crippen molar-refractivity contribution in [3.8, 4) is 23.1 Å². The first-order valence-corrected chi connectivity index (χ1v) is 6.57. The van der Waals surface area contributed by atoms with E-state index in [9.17, 15) is 13.2 Å². The van der Waals surface area contributed by atoms with E-state index < -0.39 is 11.7 Å². The molecule has 23 heavy (non-hydrogen) atoms. The largest absolute Gasteiger partial charge is 0.416 e. The van der Waals surface area contributed by atoms with Gasteiger partial charge in [0.15, 0.2) is 0 Å². The number of hydrogen-bond donors (Lipinski definition) is 0. The van der Waals surface area contributed by atoms with Crippen molar-refractivity contribution in [2.24, 2.45) is 0 Å². The SMILES string of the molecule is N#Cc1cc(-n2ccc(-c3ccccn3)n2)cc(C(F)(F)F)c1. The molecule has 0 saturated carbocycles. The lowest BCUT2D eigenvalue weighted by Gasteiger charge is -2.09. The van der Waals surface area contributed by atoms with Gasteiger partial charge in [0, 0.05) is 12.4 Å². The number of alkyl halides is 3. The van der Waals surface area contributed by atoms with Crippen LogP contribution in [0.25, 0.3) is 17.1 Å². The van der Waals surface area contributed by atoms with Crippen molar-refractivity contribution in [3.05, 3.63) is 66.0 Å². The van der Waals surface area contributed by atoms with Gasteiger partial charge >= 0.3 is 6.18 Å². The fourth-order valence-corrected chi connectivity index (χ4v) is 2.09. The van der Waals surface area contributed by atoms with Gasteiger partial charge in [0.25, 0.3) is 0 Å². The predicted octanol–water partition coefficient (Wildman–Crippen LogP) is 3.82. The second-order valence-corrected chi connectivity index (χ2v) is 4.74. The molecular weight excluding hydrogens is 305 g/mol. The van der Waals surface area contributed by atoms with Crippen LogP contribution < -0.4 is 0 Å². The van der Waals surface area contributed by atoms with Crippen LogP contribution in [0.2, 0.25) is 0 Å². The maximum Gasteiger partial charge on any atom is 0.416 e. The van der Waals surface area contributed by atoms with E-state index in [4.69, 9.17) is 5.26 Å². The van der Waals surface area contributed by atoms with E-state index in [-0.39, 0.29) is 11.3 Å². The molecular formula is C16H9F3N4. The Bertz CT molecular complexity index is 876. The normalized spacial score (nSPS) is 11.2. The molecule has 0 bridgehead atoms. The molecule has 1 aromatic carbocycles. The number of pyridine rings is 1. The second-order valence-electron chi connectivity index (χ2n) is 4.74. The summed E-state index contributed by atoms with van der Waals surface area (Å²) < 4.78 is 40.1. The molecule has 2 heterocycles. The zero-order valence-electron chi connectivity index (χ0n) is 11.6. The van der Waals surface area contributed by atoms with E-state index >= 15 is 0 Å². The molecule has 0 N–H and O–H groups in total. The lowest BCUT2D eigenvalue weighted by atomic mass is 10.1. The first-order valence-electron chi connectivity index (χ1n) is 6.57. The minimum Gasteiger partial charge on any atom is -0.255 e. The summed E-state index contributed by atoms with van der Waals surface area (Å²) >= 11 is 0. The van der Waals surface area contributed by atoms with Gasteiger partial charge in [-0.2, -0.15) is 23.5 Å². The molecule has 0 unspecified atom stereocenters. The highest BCUT2D eigenvalue weighted by atomic mass is 19.4. The van der Waals surface area contributed by atoms with Crippen LogP contribution in [-0.2, 0) is 6.18 Å². The summed E-state index contributed by atoms with van der Waals surface area (Å²) in [5.41, 5.74) is 0.338. The minimum absolute atomic E-state index is 0.0790.